The van der Waals surface area contributed by atoms with Gasteiger partial charge >= 0.3 is 0 Å². The highest BCUT2D eigenvalue weighted by atomic mass is 32.1. The van der Waals surface area contributed by atoms with E-state index in [4.69, 9.17) is 4.74 Å². The molecule has 0 saturated carbocycles. The minimum Gasteiger partial charge on any atom is -0.494 e. The minimum atomic E-state index is 0.0819. The molecule has 0 spiro atoms. The van der Waals surface area contributed by atoms with E-state index in [2.05, 4.69) is 33.3 Å². The fourth-order valence-electron chi connectivity index (χ4n) is 3.32. The van der Waals surface area contributed by atoms with Gasteiger partial charge in [-0.15, -0.1) is 11.3 Å². The standard InChI is InChI=1S/C21H29N3O2S/c1-3-26-19-8-6-18(7-9-19)15-23-10-12-24(13-11-23)16-21(25)22-17(2)20-5-4-14-27-20/h4-9,14,17H,3,10-13,15-16H2,1-2H3,(H,22,25). The molecule has 27 heavy (non-hydrogen) atoms. The van der Waals surface area contributed by atoms with E-state index in [1.165, 1.54) is 10.4 Å². The Balaban J connectivity index is 1.38. The molecule has 2 aromatic rings. The summed E-state index contributed by atoms with van der Waals surface area (Å²) >= 11 is 1.68. The van der Waals surface area contributed by atoms with Crippen LogP contribution in [0.15, 0.2) is 41.8 Å². The Labute approximate surface area is 165 Å². The van der Waals surface area contributed by atoms with E-state index in [0.717, 1.165) is 38.5 Å². The van der Waals surface area contributed by atoms with Crippen LogP contribution in [-0.4, -0.2) is 55.0 Å². The number of nitrogens with one attached hydrogen (secondary N) is 1. The van der Waals surface area contributed by atoms with Crippen LogP contribution in [0.4, 0.5) is 0 Å². The molecule has 0 radical (unpaired) electrons. The van der Waals surface area contributed by atoms with Crippen LogP contribution in [0.1, 0.15) is 30.3 Å². The van der Waals surface area contributed by atoms with E-state index >= 15 is 0 Å². The van der Waals surface area contributed by atoms with Gasteiger partial charge in [-0.3, -0.25) is 14.6 Å². The second kappa shape index (κ2) is 9.88. The van der Waals surface area contributed by atoms with Gasteiger partial charge in [0, 0.05) is 37.6 Å². The molecule has 1 atom stereocenters. The second-order valence-electron chi connectivity index (χ2n) is 6.93. The first-order chi connectivity index (χ1) is 13.1. The molecule has 1 fully saturated rings. The summed E-state index contributed by atoms with van der Waals surface area (Å²) in [6.45, 7) is 9.99. The average molecular weight is 388 g/mol. The van der Waals surface area contributed by atoms with Gasteiger partial charge in [0.25, 0.3) is 0 Å². The summed E-state index contributed by atoms with van der Waals surface area (Å²) in [5.74, 6) is 1.03. The molecule has 1 amide bonds. The summed E-state index contributed by atoms with van der Waals surface area (Å²) in [4.78, 5) is 18.2. The van der Waals surface area contributed by atoms with Crippen LogP contribution in [0.2, 0.25) is 0 Å². The van der Waals surface area contributed by atoms with Crippen LogP contribution in [0.5, 0.6) is 5.75 Å². The summed E-state index contributed by atoms with van der Waals surface area (Å²) in [5, 5.41) is 5.14. The van der Waals surface area contributed by atoms with Crippen molar-refractivity contribution in [1.82, 2.24) is 15.1 Å². The first kappa shape index (κ1) is 19.9. The topological polar surface area (TPSA) is 44.8 Å². The lowest BCUT2D eigenvalue weighted by molar-refractivity contribution is -0.123. The highest BCUT2D eigenvalue weighted by Gasteiger charge is 2.20. The Kier molecular flexibility index (Phi) is 7.26. The summed E-state index contributed by atoms with van der Waals surface area (Å²) in [6, 6.07) is 12.5. The van der Waals surface area contributed by atoms with Gasteiger partial charge in [-0.2, -0.15) is 0 Å². The number of nitrogens with zero attached hydrogens (tertiary/aromatic N) is 2. The van der Waals surface area contributed by atoms with Gasteiger partial charge in [0.05, 0.1) is 19.2 Å². The van der Waals surface area contributed by atoms with Gasteiger partial charge < -0.3 is 10.1 Å². The molecule has 1 aliphatic heterocycles. The smallest absolute Gasteiger partial charge is 0.234 e. The van der Waals surface area contributed by atoms with Gasteiger partial charge in [0.1, 0.15) is 5.75 Å². The SMILES string of the molecule is CCOc1ccc(CN2CCN(CC(=O)NC(C)c3cccs3)CC2)cc1. The van der Waals surface area contributed by atoms with E-state index in [1.54, 1.807) is 11.3 Å². The molecule has 146 valence electrons. The summed E-state index contributed by atoms with van der Waals surface area (Å²) in [5.41, 5.74) is 1.30. The number of amides is 1. The molecule has 3 rings (SSSR count). The fourth-order valence-corrected chi connectivity index (χ4v) is 4.05. The normalized spacial score (nSPS) is 16.8. The number of carbonyl (C=O) groups excluding carboxylic acids is 1. The van der Waals surface area contributed by atoms with Crippen molar-refractivity contribution in [1.29, 1.82) is 0 Å². The Morgan fingerprint density at radius 3 is 2.48 bits per heavy atom. The molecule has 0 aliphatic carbocycles. The van der Waals surface area contributed by atoms with Crippen molar-refractivity contribution in [3.8, 4) is 5.75 Å². The summed E-state index contributed by atoms with van der Waals surface area (Å²) < 4.78 is 5.50. The minimum absolute atomic E-state index is 0.0819. The zero-order valence-electron chi connectivity index (χ0n) is 16.2. The van der Waals surface area contributed by atoms with Crippen molar-refractivity contribution < 1.29 is 9.53 Å². The van der Waals surface area contributed by atoms with E-state index < -0.39 is 0 Å². The first-order valence-electron chi connectivity index (χ1n) is 9.63. The average Bonchev–Trinajstić information content (AvgIpc) is 3.20. The lowest BCUT2D eigenvalue weighted by Crippen LogP contribution is -2.49. The second-order valence-corrected chi connectivity index (χ2v) is 7.91. The lowest BCUT2D eigenvalue weighted by Gasteiger charge is -2.34. The van der Waals surface area contributed by atoms with Crippen LogP contribution in [0, 0.1) is 0 Å². The molecule has 0 bridgehead atoms. The predicted octanol–water partition coefficient (Wildman–Crippen LogP) is 3.14. The maximum atomic E-state index is 12.3. The van der Waals surface area contributed by atoms with Crippen molar-refractivity contribution in [2.75, 3.05) is 39.3 Å². The molecule has 1 unspecified atom stereocenters. The number of ether oxygens (including phenoxy) is 1. The number of hydrogen-bond acceptors (Lipinski definition) is 5. The molecule has 6 heteroatoms. The van der Waals surface area contributed by atoms with Crippen LogP contribution in [-0.2, 0) is 11.3 Å². The third-order valence-electron chi connectivity index (χ3n) is 4.82. The van der Waals surface area contributed by atoms with Crippen molar-refractivity contribution in [2.45, 2.75) is 26.4 Å². The van der Waals surface area contributed by atoms with E-state index in [0.29, 0.717) is 13.2 Å². The first-order valence-corrected chi connectivity index (χ1v) is 10.5. The largest absolute Gasteiger partial charge is 0.494 e. The quantitative estimate of drug-likeness (QED) is 0.756. The van der Waals surface area contributed by atoms with Crippen molar-refractivity contribution in [3.05, 3.63) is 52.2 Å². The zero-order chi connectivity index (χ0) is 19.1. The Morgan fingerprint density at radius 1 is 1.15 bits per heavy atom. The summed E-state index contributed by atoms with van der Waals surface area (Å²) in [6.07, 6.45) is 0. The Hall–Kier alpha value is -1.89. The predicted molar refractivity (Wildman–Crippen MR) is 110 cm³/mol. The van der Waals surface area contributed by atoms with Crippen LogP contribution in [0.3, 0.4) is 0 Å². The highest BCUT2D eigenvalue weighted by molar-refractivity contribution is 7.10. The maximum Gasteiger partial charge on any atom is 0.234 e. The Morgan fingerprint density at radius 2 is 1.85 bits per heavy atom. The molecular formula is C21H29N3O2S. The molecule has 1 aromatic carbocycles. The molecule has 2 heterocycles. The number of hydrogen-bond donors (Lipinski definition) is 1. The third-order valence-corrected chi connectivity index (χ3v) is 5.88. The zero-order valence-corrected chi connectivity index (χ0v) is 17.0. The van der Waals surface area contributed by atoms with Crippen molar-refractivity contribution in [3.63, 3.8) is 0 Å². The Bertz CT molecular complexity index is 695. The van der Waals surface area contributed by atoms with E-state index in [1.807, 2.05) is 37.4 Å². The highest BCUT2D eigenvalue weighted by Crippen LogP contribution is 2.18. The lowest BCUT2D eigenvalue weighted by atomic mass is 10.2. The van der Waals surface area contributed by atoms with Gasteiger partial charge in [-0.05, 0) is 43.0 Å². The van der Waals surface area contributed by atoms with Gasteiger partial charge in [-0.1, -0.05) is 18.2 Å². The molecule has 5 nitrogen and oxygen atoms in total. The van der Waals surface area contributed by atoms with E-state index in [-0.39, 0.29) is 11.9 Å². The van der Waals surface area contributed by atoms with E-state index in [9.17, 15) is 4.79 Å². The molecule has 1 aliphatic rings. The van der Waals surface area contributed by atoms with Crippen molar-refractivity contribution in [2.24, 2.45) is 0 Å². The number of carbonyl (C=O) groups is 1. The fraction of sp³-hybridized carbons (Fsp3) is 0.476. The molecular weight excluding hydrogens is 358 g/mol. The molecule has 1 saturated heterocycles. The molecule has 1 N–H and O–H groups in total. The molecule has 1 aromatic heterocycles. The third kappa shape index (κ3) is 6.06. The number of piperazine rings is 1. The van der Waals surface area contributed by atoms with Crippen molar-refractivity contribution >= 4 is 17.2 Å². The maximum absolute atomic E-state index is 12.3. The number of benzene rings is 1. The van der Waals surface area contributed by atoms with Gasteiger partial charge in [0.2, 0.25) is 5.91 Å². The van der Waals surface area contributed by atoms with Crippen LogP contribution >= 0.6 is 11.3 Å². The van der Waals surface area contributed by atoms with Crippen LogP contribution in [0.25, 0.3) is 0 Å². The summed E-state index contributed by atoms with van der Waals surface area (Å²) in [7, 11) is 0. The van der Waals surface area contributed by atoms with Gasteiger partial charge in [-0.25, -0.2) is 0 Å². The monoisotopic (exact) mass is 387 g/mol. The van der Waals surface area contributed by atoms with Gasteiger partial charge in [0.15, 0.2) is 0 Å². The number of thiophene rings is 1. The van der Waals surface area contributed by atoms with Crippen LogP contribution < -0.4 is 10.1 Å². The number of rotatable bonds is 8.